The number of ether oxygens (including phenoxy) is 1. The minimum atomic E-state index is -3.54. The third-order valence-electron chi connectivity index (χ3n) is 2.47. The van der Waals surface area contributed by atoms with E-state index in [1.165, 1.54) is 16.4 Å². The quantitative estimate of drug-likeness (QED) is 0.746. The summed E-state index contributed by atoms with van der Waals surface area (Å²) in [5, 5.41) is 0. The summed E-state index contributed by atoms with van der Waals surface area (Å²) in [4.78, 5) is 0.199. The van der Waals surface area contributed by atoms with Gasteiger partial charge in [-0.2, -0.15) is 4.31 Å². The summed E-state index contributed by atoms with van der Waals surface area (Å²) in [6.07, 6.45) is 5.17. The van der Waals surface area contributed by atoms with Crippen LogP contribution in [0.5, 0.6) is 5.75 Å². The number of hydrogen-bond donors (Lipinski definition) is 1. The van der Waals surface area contributed by atoms with Crippen molar-refractivity contribution in [3.8, 4) is 18.1 Å². The van der Waals surface area contributed by atoms with Crippen LogP contribution in [-0.2, 0) is 10.0 Å². The van der Waals surface area contributed by atoms with E-state index in [0.717, 1.165) is 0 Å². The Hall–Kier alpha value is -1.55. The van der Waals surface area contributed by atoms with Crippen LogP contribution in [0.2, 0.25) is 0 Å². The molecule has 5 nitrogen and oxygen atoms in total. The van der Waals surface area contributed by atoms with Crippen molar-refractivity contribution in [2.45, 2.75) is 11.8 Å². The first kappa shape index (κ1) is 15.5. The van der Waals surface area contributed by atoms with E-state index in [-0.39, 0.29) is 11.4 Å². The maximum atomic E-state index is 12.2. The van der Waals surface area contributed by atoms with Crippen LogP contribution < -0.4 is 10.5 Å². The molecule has 0 aliphatic carbocycles. The van der Waals surface area contributed by atoms with E-state index in [9.17, 15) is 8.42 Å². The lowest BCUT2D eigenvalue weighted by atomic mass is 10.3. The fourth-order valence-corrected chi connectivity index (χ4v) is 2.86. The third-order valence-corrected chi connectivity index (χ3v) is 4.40. The van der Waals surface area contributed by atoms with Gasteiger partial charge in [0.2, 0.25) is 10.0 Å². The van der Waals surface area contributed by atoms with E-state index in [4.69, 9.17) is 16.9 Å². The zero-order valence-electron chi connectivity index (χ0n) is 10.9. The van der Waals surface area contributed by atoms with Crippen molar-refractivity contribution in [1.82, 2.24) is 4.31 Å². The molecule has 0 spiro atoms. The molecule has 6 heteroatoms. The Morgan fingerprint density at radius 2 is 2.00 bits per heavy atom. The Bertz CT molecular complexity index is 532. The molecule has 1 rings (SSSR count). The van der Waals surface area contributed by atoms with Gasteiger partial charge in [0, 0.05) is 13.1 Å². The van der Waals surface area contributed by atoms with Gasteiger partial charge in [-0.3, -0.25) is 0 Å². The molecule has 0 radical (unpaired) electrons. The predicted octanol–water partition coefficient (Wildman–Crippen LogP) is 0.668. The van der Waals surface area contributed by atoms with Gasteiger partial charge >= 0.3 is 0 Å². The maximum Gasteiger partial charge on any atom is 0.243 e. The van der Waals surface area contributed by atoms with Crippen LogP contribution in [0.25, 0.3) is 0 Å². The van der Waals surface area contributed by atoms with Crippen LogP contribution in [0, 0.1) is 12.3 Å². The number of nitrogens with two attached hydrogens (primary N) is 1. The molecule has 0 unspecified atom stereocenters. The summed E-state index contributed by atoms with van der Waals surface area (Å²) >= 11 is 0. The van der Waals surface area contributed by atoms with Gasteiger partial charge in [-0.25, -0.2) is 8.42 Å². The summed E-state index contributed by atoms with van der Waals surface area (Å²) < 4.78 is 31.0. The molecule has 1 aromatic carbocycles. The fraction of sp³-hybridized carbons (Fsp3) is 0.385. The van der Waals surface area contributed by atoms with Gasteiger partial charge in [0.15, 0.2) is 0 Å². The van der Waals surface area contributed by atoms with E-state index in [1.807, 2.05) is 0 Å². The molecule has 0 heterocycles. The minimum Gasteiger partial charge on any atom is -0.492 e. The first-order chi connectivity index (χ1) is 9.06. The molecule has 0 saturated carbocycles. The number of terminal acetylenes is 1. The average molecular weight is 282 g/mol. The summed E-state index contributed by atoms with van der Waals surface area (Å²) in [6, 6.07) is 6.21. The molecule has 0 amide bonds. The van der Waals surface area contributed by atoms with Gasteiger partial charge in [0.1, 0.15) is 12.4 Å². The van der Waals surface area contributed by atoms with Gasteiger partial charge in [-0.1, -0.05) is 12.8 Å². The molecule has 0 fully saturated rings. The van der Waals surface area contributed by atoms with Crippen molar-refractivity contribution in [3.05, 3.63) is 24.3 Å². The summed E-state index contributed by atoms with van der Waals surface area (Å²) in [6.45, 7) is 2.94. The molecule has 104 valence electrons. The number of benzene rings is 1. The van der Waals surface area contributed by atoms with E-state index < -0.39 is 10.0 Å². The summed E-state index contributed by atoms with van der Waals surface area (Å²) in [5.74, 6) is 2.93. The first-order valence-corrected chi connectivity index (χ1v) is 7.36. The van der Waals surface area contributed by atoms with Crippen molar-refractivity contribution in [2.24, 2.45) is 5.73 Å². The highest BCUT2D eigenvalue weighted by Crippen LogP contribution is 2.19. The standard InChI is InChI=1S/C13H18N2O3S/c1-3-10-15(4-2)19(16,17)13-7-5-12(6-8-13)18-11-9-14/h1,5-8H,4,9-11,14H2,2H3. The molecule has 0 aliphatic rings. The molecule has 0 bridgehead atoms. The Labute approximate surface area is 114 Å². The molecule has 0 aromatic heterocycles. The zero-order valence-corrected chi connectivity index (χ0v) is 11.7. The van der Waals surface area contributed by atoms with Crippen molar-refractivity contribution < 1.29 is 13.2 Å². The summed E-state index contributed by atoms with van der Waals surface area (Å²) in [5.41, 5.74) is 5.32. The smallest absolute Gasteiger partial charge is 0.243 e. The molecule has 0 aliphatic heterocycles. The molecular weight excluding hydrogens is 264 g/mol. The van der Waals surface area contributed by atoms with Crippen LogP contribution in [0.4, 0.5) is 0 Å². The Kier molecular flexibility index (Phi) is 5.83. The molecule has 0 saturated heterocycles. The lowest BCUT2D eigenvalue weighted by molar-refractivity contribution is 0.328. The van der Waals surface area contributed by atoms with Gasteiger partial charge in [-0.15, -0.1) is 6.42 Å². The number of hydrogen-bond acceptors (Lipinski definition) is 4. The van der Waals surface area contributed by atoms with Crippen molar-refractivity contribution in [2.75, 3.05) is 26.2 Å². The largest absolute Gasteiger partial charge is 0.492 e. The average Bonchev–Trinajstić information content (AvgIpc) is 2.42. The number of sulfonamides is 1. The van der Waals surface area contributed by atoms with Crippen LogP contribution in [0.3, 0.4) is 0 Å². The second kappa shape index (κ2) is 7.14. The van der Waals surface area contributed by atoms with Crippen LogP contribution in [0.1, 0.15) is 6.92 Å². The Morgan fingerprint density at radius 3 is 2.47 bits per heavy atom. The topological polar surface area (TPSA) is 72.6 Å². The van der Waals surface area contributed by atoms with Crippen molar-refractivity contribution in [1.29, 1.82) is 0 Å². The third kappa shape index (κ3) is 3.96. The van der Waals surface area contributed by atoms with Crippen molar-refractivity contribution >= 4 is 10.0 Å². The van der Waals surface area contributed by atoms with E-state index >= 15 is 0 Å². The summed E-state index contributed by atoms with van der Waals surface area (Å²) in [7, 11) is -3.54. The van der Waals surface area contributed by atoms with Gasteiger partial charge in [0.05, 0.1) is 11.4 Å². The number of rotatable bonds is 7. The van der Waals surface area contributed by atoms with Crippen LogP contribution in [0.15, 0.2) is 29.2 Å². The lowest BCUT2D eigenvalue weighted by Crippen LogP contribution is -2.31. The predicted molar refractivity (Wildman–Crippen MR) is 74.3 cm³/mol. The molecule has 19 heavy (non-hydrogen) atoms. The second-order valence-corrected chi connectivity index (χ2v) is 5.68. The highest BCUT2D eigenvalue weighted by molar-refractivity contribution is 7.89. The fourth-order valence-electron chi connectivity index (χ4n) is 1.50. The Balaban J connectivity index is 2.93. The van der Waals surface area contributed by atoms with Crippen LogP contribution in [-0.4, -0.2) is 39.0 Å². The molecule has 0 atom stereocenters. The van der Waals surface area contributed by atoms with Gasteiger partial charge < -0.3 is 10.5 Å². The van der Waals surface area contributed by atoms with Crippen molar-refractivity contribution in [3.63, 3.8) is 0 Å². The zero-order chi connectivity index (χ0) is 14.3. The van der Waals surface area contributed by atoms with Gasteiger partial charge in [0.25, 0.3) is 0 Å². The molecular formula is C13H18N2O3S. The SMILES string of the molecule is C#CCN(CC)S(=O)(=O)c1ccc(OCCN)cc1. The van der Waals surface area contributed by atoms with E-state index in [2.05, 4.69) is 5.92 Å². The highest BCUT2D eigenvalue weighted by Gasteiger charge is 2.21. The normalized spacial score (nSPS) is 11.3. The molecule has 2 N–H and O–H groups in total. The second-order valence-electron chi connectivity index (χ2n) is 3.74. The maximum absolute atomic E-state index is 12.2. The Morgan fingerprint density at radius 1 is 1.37 bits per heavy atom. The highest BCUT2D eigenvalue weighted by atomic mass is 32.2. The lowest BCUT2D eigenvalue weighted by Gasteiger charge is -2.17. The van der Waals surface area contributed by atoms with E-state index in [0.29, 0.717) is 25.4 Å². The number of nitrogens with zero attached hydrogens (tertiary/aromatic N) is 1. The first-order valence-electron chi connectivity index (χ1n) is 5.92. The van der Waals surface area contributed by atoms with Gasteiger partial charge in [-0.05, 0) is 24.3 Å². The monoisotopic (exact) mass is 282 g/mol. The van der Waals surface area contributed by atoms with E-state index in [1.54, 1.807) is 19.1 Å². The molecule has 1 aromatic rings. The van der Waals surface area contributed by atoms with Crippen LogP contribution >= 0.6 is 0 Å². The minimum absolute atomic E-state index is 0.0598.